The Morgan fingerprint density at radius 3 is 2.89 bits per heavy atom. The van der Waals surface area contributed by atoms with Gasteiger partial charge in [0.1, 0.15) is 0 Å². The van der Waals surface area contributed by atoms with Crippen molar-refractivity contribution in [1.82, 2.24) is 20.7 Å². The molecule has 35 heavy (non-hydrogen) atoms. The van der Waals surface area contributed by atoms with Gasteiger partial charge in [-0.25, -0.2) is 21.1 Å². The molecule has 1 aromatic carbocycles. The summed E-state index contributed by atoms with van der Waals surface area (Å²) in [6, 6.07) is 6.15. The number of amides is 3. The fourth-order valence-electron chi connectivity index (χ4n) is 4.53. The van der Waals surface area contributed by atoms with E-state index in [0.717, 1.165) is 18.4 Å². The molecule has 13 heteroatoms. The van der Waals surface area contributed by atoms with Crippen molar-refractivity contribution in [2.75, 3.05) is 19.8 Å². The maximum atomic E-state index is 12.9. The average Bonchev–Trinajstić information content (AvgIpc) is 3.14. The Bertz CT molecular complexity index is 1080. The molecule has 1 aromatic rings. The van der Waals surface area contributed by atoms with Gasteiger partial charge in [-0.3, -0.25) is 9.80 Å². The number of carbonyl (C=O) groups excluding carboxylic acids is 2. The summed E-state index contributed by atoms with van der Waals surface area (Å²) in [7, 11) is 0. The molecule has 0 saturated carbocycles. The molecular formula is C22H30N10O3. The van der Waals surface area contributed by atoms with Crippen molar-refractivity contribution < 1.29 is 14.3 Å². The number of urea groups is 1. The van der Waals surface area contributed by atoms with Crippen LogP contribution < -0.4 is 16.6 Å². The molecule has 3 aliphatic heterocycles. The zero-order valence-corrected chi connectivity index (χ0v) is 19.8. The Hall–Kier alpha value is -3.71. The highest BCUT2D eigenvalue weighted by Crippen LogP contribution is 2.37. The summed E-state index contributed by atoms with van der Waals surface area (Å²) in [5.74, 6) is 6.43. The highest BCUT2D eigenvalue weighted by molar-refractivity contribution is 5.94. The molecule has 3 aliphatic rings. The number of likely N-dealkylation sites (tertiary alicyclic amines) is 1. The van der Waals surface area contributed by atoms with Gasteiger partial charge in [-0.2, -0.15) is 10.6 Å². The van der Waals surface area contributed by atoms with Crippen LogP contribution in [0.15, 0.2) is 56.5 Å². The standard InChI is InChI=1S/C22H30N10O3/c1-22(2)17-12-25-20(32(24)16-6-8-35-9-7-16)27-18(17)13-31(22)21(34)29-26-11-14-4-3-5-15(10-14)19(33)28-30-23/h3-5,10,12,16,18H,6-9,11,13,24H2,1-2H3,(H,25,27)(H2,23,28,33). The number of nitrogens with one attached hydrogen (secondary N) is 3. The van der Waals surface area contributed by atoms with E-state index in [1.54, 1.807) is 34.2 Å². The first-order valence-corrected chi connectivity index (χ1v) is 11.4. The SMILES string of the molecule is CC1(C)C2=CNC(N(N)C3CCOCC3)=NC2CN1C(=O)N=NCc1cccc(C(=O)NN=N)c1. The molecule has 186 valence electrons. The van der Waals surface area contributed by atoms with Gasteiger partial charge < -0.3 is 15.0 Å². The van der Waals surface area contributed by atoms with Gasteiger partial charge in [0.25, 0.3) is 5.91 Å². The summed E-state index contributed by atoms with van der Waals surface area (Å²) in [5.41, 5.74) is 10.2. The Labute approximate surface area is 202 Å². The second kappa shape index (κ2) is 10.3. The number of hydrazine groups is 1. The van der Waals surface area contributed by atoms with Gasteiger partial charge in [0.2, 0.25) is 5.96 Å². The van der Waals surface area contributed by atoms with Crippen LogP contribution in [0.1, 0.15) is 42.6 Å². The second-order valence-corrected chi connectivity index (χ2v) is 9.07. The summed E-state index contributed by atoms with van der Waals surface area (Å²) in [6.45, 7) is 5.75. The number of guanidine groups is 1. The number of ether oxygens (including phenoxy) is 1. The monoisotopic (exact) mass is 482 g/mol. The van der Waals surface area contributed by atoms with E-state index in [4.69, 9.17) is 21.1 Å². The largest absolute Gasteiger partial charge is 0.381 e. The lowest BCUT2D eigenvalue weighted by molar-refractivity contribution is 0.0542. The van der Waals surface area contributed by atoms with Crippen LogP contribution in [0, 0.1) is 5.53 Å². The Kier molecular flexibility index (Phi) is 7.17. The number of fused-ring (bicyclic) bond motifs is 1. The zero-order chi connectivity index (χ0) is 25.0. The number of benzene rings is 1. The Morgan fingerprint density at radius 1 is 1.37 bits per heavy atom. The van der Waals surface area contributed by atoms with Crippen molar-refractivity contribution >= 4 is 17.9 Å². The first kappa shape index (κ1) is 24.4. The molecule has 3 heterocycles. The topological polar surface area (TPSA) is 173 Å². The highest BCUT2D eigenvalue weighted by atomic mass is 16.5. The maximum Gasteiger partial charge on any atom is 0.362 e. The number of hydrogen-bond donors (Lipinski definition) is 4. The van der Waals surface area contributed by atoms with Gasteiger partial charge in [0.15, 0.2) is 0 Å². The first-order chi connectivity index (χ1) is 16.8. The molecule has 0 bridgehead atoms. The molecule has 1 unspecified atom stereocenters. The minimum atomic E-state index is -0.599. The zero-order valence-electron chi connectivity index (χ0n) is 19.8. The van der Waals surface area contributed by atoms with E-state index in [0.29, 0.717) is 36.8 Å². The van der Waals surface area contributed by atoms with Crippen molar-refractivity contribution in [3.63, 3.8) is 0 Å². The van der Waals surface area contributed by atoms with E-state index in [1.165, 1.54) is 0 Å². The molecule has 0 aliphatic carbocycles. The number of nitrogens with zero attached hydrogens (tertiary/aromatic N) is 6. The molecule has 4 rings (SSSR count). The third kappa shape index (κ3) is 5.20. The summed E-state index contributed by atoms with van der Waals surface area (Å²) < 4.78 is 5.41. The van der Waals surface area contributed by atoms with E-state index in [1.807, 2.05) is 20.0 Å². The van der Waals surface area contributed by atoms with Gasteiger partial charge in [-0.15, -0.1) is 0 Å². The fourth-order valence-corrected chi connectivity index (χ4v) is 4.53. The van der Waals surface area contributed by atoms with Crippen LogP contribution >= 0.6 is 0 Å². The van der Waals surface area contributed by atoms with Gasteiger partial charge in [-0.1, -0.05) is 22.5 Å². The predicted molar refractivity (Wildman–Crippen MR) is 126 cm³/mol. The van der Waals surface area contributed by atoms with E-state index in [2.05, 4.69) is 26.2 Å². The third-order valence-corrected chi connectivity index (χ3v) is 6.55. The lowest BCUT2D eigenvalue weighted by Crippen LogP contribution is -2.53. The van der Waals surface area contributed by atoms with E-state index < -0.39 is 17.5 Å². The quantitative estimate of drug-likeness (QED) is 0.284. The molecule has 2 saturated heterocycles. The molecule has 13 nitrogen and oxygen atoms in total. The molecule has 5 N–H and O–H groups in total. The summed E-state index contributed by atoms with van der Waals surface area (Å²) in [4.78, 5) is 31.2. The van der Waals surface area contributed by atoms with Crippen molar-refractivity contribution in [2.45, 2.75) is 50.9 Å². The van der Waals surface area contributed by atoms with Crippen molar-refractivity contribution in [1.29, 1.82) is 5.53 Å². The van der Waals surface area contributed by atoms with Gasteiger partial charge >= 0.3 is 6.03 Å². The van der Waals surface area contributed by atoms with Crippen LogP contribution in [-0.4, -0.2) is 65.2 Å². The van der Waals surface area contributed by atoms with Crippen molar-refractivity contribution in [3.05, 3.63) is 47.2 Å². The van der Waals surface area contributed by atoms with Gasteiger partial charge in [-0.05, 0) is 50.0 Å². The van der Waals surface area contributed by atoms with Gasteiger partial charge in [0.05, 0.1) is 24.2 Å². The Morgan fingerprint density at radius 2 is 2.14 bits per heavy atom. The molecule has 2 fully saturated rings. The van der Waals surface area contributed by atoms with Crippen molar-refractivity contribution in [2.24, 2.45) is 26.3 Å². The lowest BCUT2D eigenvalue weighted by Gasteiger charge is -2.35. The normalized spacial score (nSPS) is 21.6. The van der Waals surface area contributed by atoms with Crippen LogP contribution in [0.2, 0.25) is 0 Å². The Balaban J connectivity index is 1.40. The fraction of sp³-hybridized carbons (Fsp3) is 0.500. The molecule has 0 spiro atoms. The average molecular weight is 483 g/mol. The minimum Gasteiger partial charge on any atom is -0.381 e. The van der Waals surface area contributed by atoms with Crippen LogP contribution in [0.3, 0.4) is 0 Å². The predicted octanol–water partition coefficient (Wildman–Crippen LogP) is 2.10. The maximum absolute atomic E-state index is 12.9. The van der Waals surface area contributed by atoms with Crippen LogP contribution in [0.25, 0.3) is 0 Å². The lowest BCUT2D eigenvalue weighted by atomic mass is 9.93. The first-order valence-electron chi connectivity index (χ1n) is 11.4. The van der Waals surface area contributed by atoms with E-state index >= 15 is 0 Å². The van der Waals surface area contributed by atoms with Gasteiger partial charge in [0, 0.05) is 31.5 Å². The number of nitrogens with two attached hydrogens (primary N) is 1. The minimum absolute atomic E-state index is 0.127. The second-order valence-electron chi connectivity index (χ2n) is 9.07. The molecule has 1 atom stereocenters. The summed E-state index contributed by atoms with van der Waals surface area (Å²) in [6.07, 6.45) is 3.56. The number of rotatable bonds is 5. The van der Waals surface area contributed by atoms with Crippen LogP contribution in [0.5, 0.6) is 0 Å². The third-order valence-electron chi connectivity index (χ3n) is 6.55. The number of aliphatic imine (C=N–C) groups is 1. The smallest absolute Gasteiger partial charge is 0.362 e. The highest BCUT2D eigenvalue weighted by Gasteiger charge is 2.47. The molecular weight excluding hydrogens is 452 g/mol. The van der Waals surface area contributed by atoms with Crippen LogP contribution in [-0.2, 0) is 11.3 Å². The van der Waals surface area contributed by atoms with E-state index in [-0.39, 0.29) is 18.6 Å². The van der Waals surface area contributed by atoms with Crippen molar-refractivity contribution in [3.8, 4) is 0 Å². The summed E-state index contributed by atoms with van der Waals surface area (Å²) in [5, 5.41) is 15.7. The van der Waals surface area contributed by atoms with Crippen LogP contribution in [0.4, 0.5) is 4.79 Å². The van der Waals surface area contributed by atoms with E-state index in [9.17, 15) is 9.59 Å². The number of hydrogen-bond acceptors (Lipinski definition) is 10. The number of carbonyl (C=O) groups is 2. The molecule has 0 radical (unpaired) electrons. The number of azo groups is 1. The molecule has 0 aromatic heterocycles. The molecule has 3 amide bonds. The summed E-state index contributed by atoms with van der Waals surface area (Å²) >= 11 is 0.